The quantitative estimate of drug-likeness (QED) is 0.631. The van der Waals surface area contributed by atoms with Gasteiger partial charge in [0.1, 0.15) is 11.0 Å². The van der Waals surface area contributed by atoms with E-state index in [1.54, 1.807) is 30.4 Å². The molecule has 1 unspecified atom stereocenters. The van der Waals surface area contributed by atoms with E-state index in [1.807, 2.05) is 34.1 Å². The molecule has 2 saturated heterocycles. The highest BCUT2D eigenvalue weighted by atomic mass is 16.2. The van der Waals surface area contributed by atoms with Crippen molar-refractivity contribution in [2.24, 2.45) is 11.8 Å². The molecule has 2 aliphatic rings. The van der Waals surface area contributed by atoms with Crippen LogP contribution in [0.1, 0.15) is 34.3 Å². The van der Waals surface area contributed by atoms with Crippen molar-refractivity contribution in [1.82, 2.24) is 25.2 Å². The molecule has 2 atom stereocenters. The molecule has 166 valence electrons. The second kappa shape index (κ2) is 8.87. The van der Waals surface area contributed by atoms with Gasteiger partial charge in [-0.15, -0.1) is 0 Å². The van der Waals surface area contributed by atoms with E-state index in [0.717, 1.165) is 37.0 Å². The Morgan fingerprint density at radius 3 is 2.36 bits per heavy atom. The van der Waals surface area contributed by atoms with Gasteiger partial charge in [-0.25, -0.2) is 0 Å². The van der Waals surface area contributed by atoms with E-state index in [9.17, 15) is 9.59 Å². The lowest BCUT2D eigenvalue weighted by Gasteiger charge is -2.21. The number of carbonyl (C=O) groups is 2. The molecule has 5 rings (SSSR count). The standard InChI is InChI=1S/C25H24N6O2/c26-14-18-3-1-17(2-4-18)5-8-24(32)30-11-9-20-15-31(16-21(20)10-12-30)25(33)19-6-7-22-23(13-19)28-29-27-22/h1-8,13,20-21H,9-12,15-16H2,(H,27,28,29)/b8-5+/t20-,21?/m1/s1. The van der Waals surface area contributed by atoms with E-state index in [0.29, 0.717) is 41.6 Å². The maximum atomic E-state index is 13.1. The fourth-order valence-corrected chi connectivity index (χ4v) is 4.83. The second-order valence-corrected chi connectivity index (χ2v) is 8.73. The fourth-order valence-electron chi connectivity index (χ4n) is 4.83. The molecular formula is C25H24N6O2. The summed E-state index contributed by atoms with van der Waals surface area (Å²) in [5.74, 6) is 0.856. The number of hydrogen-bond donors (Lipinski definition) is 1. The minimum absolute atomic E-state index is 0.00757. The predicted molar refractivity (Wildman–Crippen MR) is 123 cm³/mol. The lowest BCUT2D eigenvalue weighted by Crippen LogP contribution is -2.33. The normalized spacial score (nSPS) is 20.6. The zero-order valence-corrected chi connectivity index (χ0v) is 18.1. The molecule has 8 nitrogen and oxygen atoms in total. The number of fused-ring (bicyclic) bond motifs is 2. The van der Waals surface area contributed by atoms with Gasteiger partial charge in [-0.2, -0.15) is 20.7 Å². The van der Waals surface area contributed by atoms with Gasteiger partial charge < -0.3 is 9.80 Å². The van der Waals surface area contributed by atoms with Crippen LogP contribution < -0.4 is 0 Å². The van der Waals surface area contributed by atoms with Crippen LogP contribution in [0, 0.1) is 23.2 Å². The lowest BCUT2D eigenvalue weighted by atomic mass is 9.92. The summed E-state index contributed by atoms with van der Waals surface area (Å²) in [7, 11) is 0. The first-order chi connectivity index (χ1) is 16.1. The Hall–Kier alpha value is -3.99. The SMILES string of the molecule is N#Cc1ccc(/C=C/C(=O)N2CCC3CN(C(=O)c4ccc5n[nH]nc5c4)C[C@H]3CC2)cc1. The molecule has 3 heterocycles. The number of amides is 2. The van der Waals surface area contributed by atoms with Crippen LogP contribution in [0.15, 0.2) is 48.5 Å². The van der Waals surface area contributed by atoms with E-state index >= 15 is 0 Å². The molecule has 2 amide bonds. The number of likely N-dealkylation sites (tertiary alicyclic amines) is 2. The number of aromatic amines is 1. The van der Waals surface area contributed by atoms with Gasteiger partial charge in [0.05, 0.1) is 11.6 Å². The average Bonchev–Trinajstić information content (AvgIpc) is 3.44. The molecule has 0 saturated carbocycles. The number of benzene rings is 2. The van der Waals surface area contributed by atoms with Crippen LogP contribution in [-0.4, -0.2) is 63.2 Å². The number of rotatable bonds is 3. The molecule has 2 aliphatic heterocycles. The predicted octanol–water partition coefficient (Wildman–Crippen LogP) is 2.85. The Bertz CT molecular complexity index is 1240. The van der Waals surface area contributed by atoms with Crippen molar-refractivity contribution >= 4 is 28.9 Å². The van der Waals surface area contributed by atoms with Gasteiger partial charge in [0.25, 0.3) is 5.91 Å². The lowest BCUT2D eigenvalue weighted by molar-refractivity contribution is -0.126. The topological polar surface area (TPSA) is 106 Å². The summed E-state index contributed by atoms with van der Waals surface area (Å²) in [6.07, 6.45) is 5.19. The van der Waals surface area contributed by atoms with E-state index in [4.69, 9.17) is 5.26 Å². The van der Waals surface area contributed by atoms with Crippen molar-refractivity contribution in [3.63, 3.8) is 0 Å². The molecule has 0 radical (unpaired) electrons. The van der Waals surface area contributed by atoms with Gasteiger partial charge in [-0.05, 0) is 66.6 Å². The first-order valence-corrected chi connectivity index (χ1v) is 11.2. The van der Waals surface area contributed by atoms with Crippen molar-refractivity contribution in [2.45, 2.75) is 12.8 Å². The first-order valence-electron chi connectivity index (χ1n) is 11.2. The number of H-pyrrole nitrogens is 1. The third-order valence-electron chi connectivity index (χ3n) is 6.74. The van der Waals surface area contributed by atoms with Crippen LogP contribution in [0.4, 0.5) is 0 Å². The van der Waals surface area contributed by atoms with Gasteiger partial charge in [-0.1, -0.05) is 12.1 Å². The fraction of sp³-hybridized carbons (Fsp3) is 0.320. The number of carbonyl (C=O) groups excluding carboxylic acids is 2. The molecular weight excluding hydrogens is 416 g/mol. The van der Waals surface area contributed by atoms with Crippen molar-refractivity contribution < 1.29 is 9.59 Å². The average molecular weight is 441 g/mol. The Morgan fingerprint density at radius 2 is 1.67 bits per heavy atom. The second-order valence-electron chi connectivity index (χ2n) is 8.73. The summed E-state index contributed by atoms with van der Waals surface area (Å²) in [4.78, 5) is 29.6. The zero-order valence-electron chi connectivity index (χ0n) is 18.1. The van der Waals surface area contributed by atoms with Crippen LogP contribution in [0.25, 0.3) is 17.1 Å². The minimum Gasteiger partial charge on any atom is -0.339 e. The number of aromatic nitrogens is 3. The zero-order chi connectivity index (χ0) is 22.8. The van der Waals surface area contributed by atoms with Crippen LogP contribution in [-0.2, 0) is 4.79 Å². The van der Waals surface area contributed by atoms with Crippen LogP contribution in [0.5, 0.6) is 0 Å². The highest BCUT2D eigenvalue weighted by molar-refractivity contribution is 5.97. The van der Waals surface area contributed by atoms with Crippen LogP contribution in [0.2, 0.25) is 0 Å². The van der Waals surface area contributed by atoms with E-state index in [-0.39, 0.29) is 11.8 Å². The van der Waals surface area contributed by atoms with Crippen molar-refractivity contribution in [3.05, 3.63) is 65.2 Å². The van der Waals surface area contributed by atoms with E-state index in [1.165, 1.54) is 0 Å². The smallest absolute Gasteiger partial charge is 0.253 e. The van der Waals surface area contributed by atoms with Crippen LogP contribution in [0.3, 0.4) is 0 Å². The first kappa shape index (κ1) is 20.9. The van der Waals surface area contributed by atoms with Gasteiger partial charge in [0.15, 0.2) is 0 Å². The third-order valence-corrected chi connectivity index (χ3v) is 6.74. The summed E-state index contributed by atoms with van der Waals surface area (Å²) < 4.78 is 0. The summed E-state index contributed by atoms with van der Waals surface area (Å²) in [6, 6.07) is 14.7. The largest absolute Gasteiger partial charge is 0.339 e. The Balaban J connectivity index is 1.18. The summed E-state index contributed by atoms with van der Waals surface area (Å²) in [5.41, 5.74) is 3.57. The molecule has 0 aliphatic carbocycles. The molecule has 0 spiro atoms. The molecule has 33 heavy (non-hydrogen) atoms. The molecule has 2 aromatic carbocycles. The highest BCUT2D eigenvalue weighted by Gasteiger charge is 2.37. The maximum absolute atomic E-state index is 13.1. The van der Waals surface area contributed by atoms with Crippen molar-refractivity contribution in [2.75, 3.05) is 26.2 Å². The van der Waals surface area contributed by atoms with Crippen LogP contribution >= 0.6 is 0 Å². The minimum atomic E-state index is 0.00757. The summed E-state index contributed by atoms with van der Waals surface area (Å²) >= 11 is 0. The van der Waals surface area contributed by atoms with Gasteiger partial charge in [-0.3, -0.25) is 9.59 Å². The van der Waals surface area contributed by atoms with Gasteiger partial charge in [0.2, 0.25) is 5.91 Å². The Morgan fingerprint density at radius 1 is 0.970 bits per heavy atom. The van der Waals surface area contributed by atoms with E-state index < -0.39 is 0 Å². The van der Waals surface area contributed by atoms with Crippen molar-refractivity contribution in [1.29, 1.82) is 5.26 Å². The summed E-state index contributed by atoms with van der Waals surface area (Å²) in [6.45, 7) is 2.85. The highest BCUT2D eigenvalue weighted by Crippen LogP contribution is 2.33. The molecule has 2 fully saturated rings. The van der Waals surface area contributed by atoms with Crippen molar-refractivity contribution in [3.8, 4) is 6.07 Å². The molecule has 8 heteroatoms. The molecule has 1 N–H and O–H groups in total. The Labute approximate surface area is 191 Å². The number of hydrogen-bond acceptors (Lipinski definition) is 5. The maximum Gasteiger partial charge on any atom is 0.253 e. The molecule has 1 aromatic heterocycles. The number of nitrogens with zero attached hydrogens (tertiary/aromatic N) is 5. The molecule has 0 bridgehead atoms. The van der Waals surface area contributed by atoms with Gasteiger partial charge in [0, 0.05) is 37.8 Å². The number of nitriles is 1. The van der Waals surface area contributed by atoms with E-state index in [2.05, 4.69) is 21.5 Å². The third kappa shape index (κ3) is 4.35. The van der Waals surface area contributed by atoms with Gasteiger partial charge >= 0.3 is 0 Å². The number of nitrogens with one attached hydrogen (secondary N) is 1. The molecule has 3 aromatic rings. The monoisotopic (exact) mass is 440 g/mol. The Kier molecular flexibility index (Phi) is 5.61. The summed E-state index contributed by atoms with van der Waals surface area (Å²) in [5, 5.41) is 19.6.